The van der Waals surface area contributed by atoms with Crippen LogP contribution in [0.15, 0.2) is 30.3 Å². The Labute approximate surface area is 136 Å². The van der Waals surface area contributed by atoms with Crippen LogP contribution in [0.25, 0.3) is 0 Å². The first-order chi connectivity index (χ1) is 10.9. The molecule has 0 aliphatic carbocycles. The maximum atomic E-state index is 12.4. The fraction of sp³-hybridized carbons (Fsp3) is 0.562. The molecule has 3 rings (SSSR count). The molecular formula is C16H21NO5S. The Morgan fingerprint density at radius 2 is 1.91 bits per heavy atom. The van der Waals surface area contributed by atoms with E-state index in [0.717, 1.165) is 5.56 Å². The fourth-order valence-corrected chi connectivity index (χ4v) is 5.06. The second kappa shape index (κ2) is 6.13. The monoisotopic (exact) mass is 339 g/mol. The minimum Gasteiger partial charge on any atom is -0.445 e. The molecule has 2 heterocycles. The summed E-state index contributed by atoms with van der Waals surface area (Å²) in [5.74, 6) is 0.115. The molecule has 0 radical (unpaired) electrons. The van der Waals surface area contributed by atoms with Gasteiger partial charge in [-0.2, -0.15) is 0 Å². The van der Waals surface area contributed by atoms with Crippen molar-refractivity contribution < 1.29 is 23.1 Å². The van der Waals surface area contributed by atoms with Crippen molar-refractivity contribution in [1.29, 1.82) is 0 Å². The second-order valence-electron chi connectivity index (χ2n) is 6.38. The Morgan fingerprint density at radius 1 is 1.26 bits per heavy atom. The van der Waals surface area contributed by atoms with E-state index in [2.05, 4.69) is 0 Å². The Hall–Kier alpha value is -1.60. The number of sulfone groups is 1. The van der Waals surface area contributed by atoms with Crippen LogP contribution in [0.3, 0.4) is 0 Å². The molecule has 1 spiro atoms. The number of hydrogen-bond donors (Lipinski definition) is 1. The van der Waals surface area contributed by atoms with Crippen LogP contribution in [0, 0.1) is 0 Å². The van der Waals surface area contributed by atoms with Crippen molar-refractivity contribution in [3.8, 4) is 0 Å². The summed E-state index contributed by atoms with van der Waals surface area (Å²) in [5.41, 5.74) is 0.305. The minimum absolute atomic E-state index is 0.0577. The molecule has 2 aliphatic heterocycles. The van der Waals surface area contributed by atoms with Gasteiger partial charge in [0.25, 0.3) is 0 Å². The first-order valence-corrected chi connectivity index (χ1v) is 9.59. The largest absolute Gasteiger partial charge is 0.445 e. The van der Waals surface area contributed by atoms with E-state index in [1.165, 1.54) is 4.90 Å². The zero-order valence-electron chi connectivity index (χ0n) is 12.8. The molecule has 6 nitrogen and oxygen atoms in total. The predicted octanol–water partition coefficient (Wildman–Crippen LogP) is 1.34. The third kappa shape index (κ3) is 3.50. The zero-order chi connectivity index (χ0) is 16.5. The van der Waals surface area contributed by atoms with Crippen LogP contribution in [-0.2, 0) is 21.2 Å². The summed E-state index contributed by atoms with van der Waals surface area (Å²) in [4.78, 5) is 14.0. The van der Waals surface area contributed by atoms with E-state index in [1.54, 1.807) is 0 Å². The number of β-amino-alcohol motifs (C(OH)–C–C–N with tert-alkyl or cyclic N) is 1. The number of rotatable bonds is 2. The number of benzene rings is 1. The normalized spacial score (nSPS) is 25.4. The number of hydrogen-bond acceptors (Lipinski definition) is 5. The van der Waals surface area contributed by atoms with E-state index in [0.29, 0.717) is 19.3 Å². The lowest BCUT2D eigenvalue weighted by Gasteiger charge is -2.40. The van der Waals surface area contributed by atoms with Crippen LogP contribution in [0.1, 0.15) is 24.8 Å². The summed E-state index contributed by atoms with van der Waals surface area (Å²) in [5, 5.41) is 9.98. The molecule has 1 atom stereocenters. The molecule has 7 heteroatoms. The lowest BCUT2D eigenvalue weighted by atomic mass is 9.89. The third-order valence-corrected chi connectivity index (χ3v) is 6.42. The molecule has 2 fully saturated rings. The minimum atomic E-state index is -3.03. The van der Waals surface area contributed by atoms with Crippen molar-refractivity contribution >= 4 is 15.9 Å². The van der Waals surface area contributed by atoms with Crippen LogP contribution in [-0.4, -0.2) is 54.2 Å². The lowest BCUT2D eigenvalue weighted by Crippen LogP contribution is -2.51. The number of likely N-dealkylation sites (tertiary alicyclic amines) is 1. The van der Waals surface area contributed by atoms with E-state index >= 15 is 0 Å². The Bertz CT molecular complexity index is 659. The van der Waals surface area contributed by atoms with Crippen LogP contribution in [0.5, 0.6) is 0 Å². The number of aliphatic hydroxyl groups excluding tert-OH is 1. The average molecular weight is 339 g/mol. The molecule has 1 aromatic carbocycles. The molecular weight excluding hydrogens is 318 g/mol. The first-order valence-electron chi connectivity index (χ1n) is 7.77. The standard InChI is InChI=1S/C16H21NO5S/c18-14-10-16(6-8-23(20,21)9-7-16)17(11-14)15(19)22-12-13-4-2-1-3-5-13/h1-5,14,18H,6-12H2. The van der Waals surface area contributed by atoms with E-state index < -0.39 is 27.6 Å². The van der Waals surface area contributed by atoms with Gasteiger partial charge in [0.15, 0.2) is 0 Å². The van der Waals surface area contributed by atoms with Gasteiger partial charge in [0, 0.05) is 0 Å². The number of carbonyl (C=O) groups is 1. The van der Waals surface area contributed by atoms with Gasteiger partial charge in [-0.1, -0.05) is 30.3 Å². The van der Waals surface area contributed by atoms with Crippen LogP contribution in [0.2, 0.25) is 0 Å². The first kappa shape index (κ1) is 16.3. The molecule has 126 valence electrons. The van der Waals surface area contributed by atoms with Gasteiger partial charge in [-0.25, -0.2) is 13.2 Å². The van der Waals surface area contributed by atoms with Crippen molar-refractivity contribution in [3.63, 3.8) is 0 Å². The summed E-state index contributed by atoms with van der Waals surface area (Å²) in [7, 11) is -3.03. The highest BCUT2D eigenvalue weighted by molar-refractivity contribution is 7.91. The molecule has 1 N–H and O–H groups in total. The fourth-order valence-electron chi connectivity index (χ4n) is 3.48. The molecule has 1 amide bonds. The van der Waals surface area contributed by atoms with Crippen molar-refractivity contribution in [2.45, 2.75) is 37.5 Å². The zero-order valence-corrected chi connectivity index (χ0v) is 13.7. The van der Waals surface area contributed by atoms with Crippen molar-refractivity contribution in [1.82, 2.24) is 4.90 Å². The maximum Gasteiger partial charge on any atom is 0.410 e. The van der Waals surface area contributed by atoms with Gasteiger partial charge >= 0.3 is 6.09 Å². The molecule has 0 saturated carbocycles. The number of ether oxygens (including phenoxy) is 1. The average Bonchev–Trinajstić information content (AvgIpc) is 2.86. The van der Waals surface area contributed by atoms with E-state index in [4.69, 9.17) is 4.74 Å². The van der Waals surface area contributed by atoms with Gasteiger partial charge < -0.3 is 9.84 Å². The number of amides is 1. The van der Waals surface area contributed by atoms with E-state index in [9.17, 15) is 18.3 Å². The highest BCUT2D eigenvalue weighted by atomic mass is 32.2. The summed E-state index contributed by atoms with van der Waals surface area (Å²) < 4.78 is 28.7. The van der Waals surface area contributed by atoms with E-state index in [1.807, 2.05) is 30.3 Å². The maximum absolute atomic E-state index is 12.4. The summed E-state index contributed by atoms with van der Waals surface area (Å²) >= 11 is 0. The highest BCUT2D eigenvalue weighted by Crippen LogP contribution is 2.39. The Balaban J connectivity index is 1.68. The van der Waals surface area contributed by atoms with Crippen LogP contribution in [0.4, 0.5) is 4.79 Å². The topological polar surface area (TPSA) is 83.9 Å². The number of aliphatic hydroxyl groups is 1. The van der Waals surface area contributed by atoms with Gasteiger partial charge in [0.2, 0.25) is 0 Å². The molecule has 0 bridgehead atoms. The number of carbonyl (C=O) groups excluding carboxylic acids is 1. The molecule has 2 saturated heterocycles. The third-order valence-electron chi connectivity index (χ3n) is 4.76. The smallest absolute Gasteiger partial charge is 0.410 e. The molecule has 2 aliphatic rings. The van der Waals surface area contributed by atoms with Gasteiger partial charge in [-0.15, -0.1) is 0 Å². The number of nitrogens with zero attached hydrogens (tertiary/aromatic N) is 1. The van der Waals surface area contributed by atoms with Crippen LogP contribution < -0.4 is 0 Å². The van der Waals surface area contributed by atoms with Crippen molar-refractivity contribution in [3.05, 3.63) is 35.9 Å². The van der Waals surface area contributed by atoms with Gasteiger partial charge in [0.1, 0.15) is 16.4 Å². The van der Waals surface area contributed by atoms with Crippen molar-refractivity contribution in [2.24, 2.45) is 0 Å². The second-order valence-corrected chi connectivity index (χ2v) is 8.69. The molecule has 23 heavy (non-hydrogen) atoms. The molecule has 0 aromatic heterocycles. The summed E-state index contributed by atoms with van der Waals surface area (Å²) in [6, 6.07) is 9.37. The quantitative estimate of drug-likeness (QED) is 0.879. The predicted molar refractivity (Wildman–Crippen MR) is 84.6 cm³/mol. The van der Waals surface area contributed by atoms with Crippen molar-refractivity contribution in [2.75, 3.05) is 18.1 Å². The molecule has 1 aromatic rings. The SMILES string of the molecule is O=C(OCc1ccccc1)N1CC(O)CC12CCS(=O)(=O)CC2. The Kier molecular flexibility index (Phi) is 4.33. The van der Waals surface area contributed by atoms with Crippen LogP contribution >= 0.6 is 0 Å². The van der Waals surface area contributed by atoms with Gasteiger partial charge in [0.05, 0.1) is 29.7 Å². The Morgan fingerprint density at radius 3 is 2.57 bits per heavy atom. The highest BCUT2D eigenvalue weighted by Gasteiger charge is 2.50. The summed E-state index contributed by atoms with van der Waals surface area (Å²) in [6.45, 7) is 0.369. The van der Waals surface area contributed by atoms with E-state index in [-0.39, 0.29) is 24.7 Å². The van der Waals surface area contributed by atoms with Gasteiger partial charge in [-0.3, -0.25) is 4.90 Å². The van der Waals surface area contributed by atoms with Gasteiger partial charge in [-0.05, 0) is 24.8 Å². The lowest BCUT2D eigenvalue weighted by molar-refractivity contribution is 0.0598. The summed E-state index contributed by atoms with van der Waals surface area (Å²) in [6.07, 6.45) is 0.0487. The molecule has 1 unspecified atom stereocenters.